The summed E-state index contributed by atoms with van der Waals surface area (Å²) in [6.07, 6.45) is 1.73. The number of hydrogen-bond donors (Lipinski definition) is 1. The molecule has 3 rings (SSSR count). The molecule has 130 valence electrons. The Morgan fingerprint density at radius 3 is 2.38 bits per heavy atom. The molecule has 2 aliphatic rings. The van der Waals surface area contributed by atoms with E-state index >= 15 is 0 Å². The molecule has 0 bridgehead atoms. The third-order valence-corrected chi connectivity index (χ3v) is 5.23. The van der Waals surface area contributed by atoms with E-state index in [1.54, 1.807) is 0 Å². The molecule has 1 N–H and O–H groups in total. The fourth-order valence-corrected chi connectivity index (χ4v) is 2.92. The molecule has 6 heteroatoms. The van der Waals surface area contributed by atoms with Gasteiger partial charge in [0.25, 0.3) is 5.91 Å². The van der Waals surface area contributed by atoms with Crippen molar-refractivity contribution < 1.29 is 18.8 Å². The lowest BCUT2D eigenvalue weighted by Crippen LogP contribution is -2.41. The highest BCUT2D eigenvalue weighted by Gasteiger charge is 2.51. The summed E-state index contributed by atoms with van der Waals surface area (Å²) < 4.78 is 17.5. The van der Waals surface area contributed by atoms with Crippen LogP contribution in [0.4, 0.5) is 0 Å². The van der Waals surface area contributed by atoms with Gasteiger partial charge in [-0.1, -0.05) is 12.1 Å². The zero-order chi connectivity index (χ0) is 17.4. The first-order chi connectivity index (χ1) is 11.3. The van der Waals surface area contributed by atoms with Crippen LogP contribution in [0.1, 0.15) is 50.9 Å². The van der Waals surface area contributed by atoms with Crippen LogP contribution in [-0.2, 0) is 14.0 Å². The lowest BCUT2D eigenvalue weighted by molar-refractivity contribution is 0.00578. The summed E-state index contributed by atoms with van der Waals surface area (Å²) in [7, 11) is -0.453. The van der Waals surface area contributed by atoms with Crippen molar-refractivity contribution >= 4 is 18.5 Å². The van der Waals surface area contributed by atoms with E-state index in [0.717, 1.165) is 18.3 Å². The van der Waals surface area contributed by atoms with Crippen LogP contribution in [0.15, 0.2) is 24.3 Å². The van der Waals surface area contributed by atoms with Crippen molar-refractivity contribution in [2.45, 2.75) is 57.8 Å². The molecule has 24 heavy (non-hydrogen) atoms. The smallest absolute Gasteiger partial charge is 0.399 e. The van der Waals surface area contributed by atoms with Gasteiger partial charge in [0.05, 0.1) is 11.2 Å². The number of carbonyl (C=O) groups is 1. The predicted octanol–water partition coefficient (Wildman–Crippen LogP) is 1.89. The van der Waals surface area contributed by atoms with Gasteiger partial charge in [-0.25, -0.2) is 0 Å². The summed E-state index contributed by atoms with van der Waals surface area (Å²) in [5, 5.41) is 3.08. The SMILES string of the molecule is CC1(C)OB(c2cccc(C(=O)NC3CCOCC3)c2)OC1(C)C. The number of hydrogen-bond acceptors (Lipinski definition) is 4. The minimum Gasteiger partial charge on any atom is -0.399 e. The van der Waals surface area contributed by atoms with Gasteiger partial charge >= 0.3 is 7.12 Å². The molecular weight excluding hydrogens is 305 g/mol. The number of nitrogens with one attached hydrogen (secondary N) is 1. The van der Waals surface area contributed by atoms with Crippen LogP contribution >= 0.6 is 0 Å². The highest BCUT2D eigenvalue weighted by atomic mass is 16.7. The Balaban J connectivity index is 1.71. The lowest BCUT2D eigenvalue weighted by atomic mass is 9.78. The topological polar surface area (TPSA) is 56.8 Å². The minimum atomic E-state index is -0.453. The third-order valence-electron chi connectivity index (χ3n) is 5.23. The predicted molar refractivity (Wildman–Crippen MR) is 93.5 cm³/mol. The van der Waals surface area contributed by atoms with E-state index in [4.69, 9.17) is 14.0 Å². The first-order valence-electron chi connectivity index (χ1n) is 8.63. The van der Waals surface area contributed by atoms with Crippen LogP contribution < -0.4 is 10.8 Å². The van der Waals surface area contributed by atoms with E-state index in [9.17, 15) is 4.79 Å². The number of ether oxygens (including phenoxy) is 1. The molecule has 0 aliphatic carbocycles. The second kappa shape index (κ2) is 6.50. The van der Waals surface area contributed by atoms with E-state index < -0.39 is 18.3 Å². The number of benzene rings is 1. The van der Waals surface area contributed by atoms with E-state index in [1.807, 2.05) is 52.0 Å². The van der Waals surface area contributed by atoms with Crippen molar-refractivity contribution in [2.24, 2.45) is 0 Å². The zero-order valence-corrected chi connectivity index (χ0v) is 14.9. The summed E-state index contributed by atoms with van der Waals surface area (Å²) in [6.45, 7) is 9.50. The van der Waals surface area contributed by atoms with Crippen molar-refractivity contribution in [1.82, 2.24) is 5.32 Å². The van der Waals surface area contributed by atoms with Gasteiger partial charge in [0.2, 0.25) is 0 Å². The molecule has 1 aromatic carbocycles. The van der Waals surface area contributed by atoms with Crippen LogP contribution in [0.5, 0.6) is 0 Å². The van der Waals surface area contributed by atoms with Crippen molar-refractivity contribution in [3.8, 4) is 0 Å². The molecule has 2 fully saturated rings. The maximum Gasteiger partial charge on any atom is 0.494 e. The van der Waals surface area contributed by atoms with Crippen molar-refractivity contribution in [3.05, 3.63) is 29.8 Å². The lowest BCUT2D eigenvalue weighted by Gasteiger charge is -2.32. The maximum atomic E-state index is 12.5. The molecule has 0 spiro atoms. The van der Waals surface area contributed by atoms with Gasteiger partial charge in [0.1, 0.15) is 0 Å². The van der Waals surface area contributed by atoms with E-state index in [1.165, 1.54) is 0 Å². The molecule has 5 nitrogen and oxygen atoms in total. The Kier molecular flexibility index (Phi) is 4.73. The van der Waals surface area contributed by atoms with Gasteiger partial charge < -0.3 is 19.4 Å². The van der Waals surface area contributed by atoms with Gasteiger partial charge in [0, 0.05) is 24.8 Å². The highest BCUT2D eigenvalue weighted by Crippen LogP contribution is 2.36. The number of carbonyl (C=O) groups excluding carboxylic acids is 1. The minimum absolute atomic E-state index is 0.0553. The van der Waals surface area contributed by atoms with E-state index in [2.05, 4.69) is 5.32 Å². The van der Waals surface area contributed by atoms with Gasteiger partial charge in [-0.15, -0.1) is 0 Å². The second-order valence-corrected chi connectivity index (χ2v) is 7.57. The van der Waals surface area contributed by atoms with Crippen LogP contribution in [0, 0.1) is 0 Å². The van der Waals surface area contributed by atoms with Crippen LogP contribution in [0.25, 0.3) is 0 Å². The summed E-state index contributed by atoms with van der Waals surface area (Å²) in [5.41, 5.74) is 0.720. The first kappa shape index (κ1) is 17.5. The molecule has 0 unspecified atom stereocenters. The molecule has 0 atom stereocenters. The standard InChI is InChI=1S/C18H26BNO4/c1-17(2)18(3,4)24-19(23-17)14-7-5-6-13(12-14)16(21)20-15-8-10-22-11-9-15/h5-7,12,15H,8-11H2,1-4H3,(H,20,21). The third kappa shape index (κ3) is 3.51. The number of amides is 1. The monoisotopic (exact) mass is 331 g/mol. The second-order valence-electron chi connectivity index (χ2n) is 7.57. The van der Waals surface area contributed by atoms with Gasteiger partial charge in [-0.2, -0.15) is 0 Å². The van der Waals surface area contributed by atoms with Crippen molar-refractivity contribution in [2.75, 3.05) is 13.2 Å². The van der Waals surface area contributed by atoms with E-state index in [0.29, 0.717) is 18.8 Å². The molecule has 0 saturated carbocycles. The molecule has 2 aliphatic heterocycles. The normalized spacial score (nSPS) is 23.2. The average molecular weight is 331 g/mol. The van der Waals surface area contributed by atoms with Gasteiger partial charge in [0.15, 0.2) is 0 Å². The largest absolute Gasteiger partial charge is 0.494 e. The van der Waals surface area contributed by atoms with Gasteiger partial charge in [-0.05, 0) is 58.1 Å². The average Bonchev–Trinajstić information content (AvgIpc) is 2.76. The number of rotatable bonds is 3. The molecule has 1 aromatic rings. The Morgan fingerprint density at radius 1 is 1.12 bits per heavy atom. The first-order valence-corrected chi connectivity index (χ1v) is 8.63. The Labute approximate surface area is 144 Å². The van der Waals surface area contributed by atoms with Crippen LogP contribution in [0.2, 0.25) is 0 Å². The Hall–Kier alpha value is -1.37. The van der Waals surface area contributed by atoms with E-state index in [-0.39, 0.29) is 11.9 Å². The molecule has 1 amide bonds. The van der Waals surface area contributed by atoms with Crippen LogP contribution in [0.3, 0.4) is 0 Å². The quantitative estimate of drug-likeness (QED) is 0.860. The summed E-state index contributed by atoms with van der Waals surface area (Å²) in [6, 6.07) is 7.68. The molecule has 0 radical (unpaired) electrons. The maximum absolute atomic E-state index is 12.5. The fourth-order valence-electron chi connectivity index (χ4n) is 2.92. The summed E-state index contributed by atoms with van der Waals surface area (Å²) >= 11 is 0. The highest BCUT2D eigenvalue weighted by molar-refractivity contribution is 6.62. The molecule has 2 heterocycles. The Morgan fingerprint density at radius 2 is 1.75 bits per heavy atom. The van der Waals surface area contributed by atoms with Crippen LogP contribution in [-0.4, -0.2) is 43.5 Å². The summed E-state index contributed by atoms with van der Waals surface area (Å²) in [4.78, 5) is 12.5. The van der Waals surface area contributed by atoms with Crippen molar-refractivity contribution in [1.29, 1.82) is 0 Å². The summed E-state index contributed by atoms with van der Waals surface area (Å²) in [5.74, 6) is -0.0553. The molecule has 0 aromatic heterocycles. The zero-order valence-electron chi connectivity index (χ0n) is 14.9. The molecular formula is C18H26BNO4. The molecule has 2 saturated heterocycles. The Bertz CT molecular complexity index is 595. The van der Waals surface area contributed by atoms with Gasteiger partial charge in [-0.3, -0.25) is 4.79 Å². The van der Waals surface area contributed by atoms with Crippen molar-refractivity contribution in [3.63, 3.8) is 0 Å². The fraction of sp³-hybridized carbons (Fsp3) is 0.611.